The quantitative estimate of drug-likeness (QED) is 0.636. The summed E-state index contributed by atoms with van der Waals surface area (Å²) in [4.78, 5) is 11.9. The van der Waals surface area contributed by atoms with Crippen LogP contribution in [0.1, 0.15) is 49.9 Å². The molecule has 1 heterocycles. The van der Waals surface area contributed by atoms with Crippen molar-refractivity contribution in [1.82, 2.24) is 14.9 Å². The fourth-order valence-electron chi connectivity index (χ4n) is 3.06. The third-order valence-electron chi connectivity index (χ3n) is 4.52. The van der Waals surface area contributed by atoms with Crippen LogP contribution in [0.4, 0.5) is 0 Å². The summed E-state index contributed by atoms with van der Waals surface area (Å²) in [5.41, 5.74) is 5.09. The molecule has 1 fully saturated rings. The topological polar surface area (TPSA) is 127 Å². The average Bonchev–Trinajstić information content (AvgIpc) is 3.00. The molecule has 0 amide bonds. The van der Waals surface area contributed by atoms with Crippen LogP contribution in [-0.2, 0) is 14.8 Å². The van der Waals surface area contributed by atoms with Crippen LogP contribution in [0.25, 0.3) is 0 Å². The van der Waals surface area contributed by atoms with Gasteiger partial charge in [-0.25, -0.2) is 17.9 Å². The van der Waals surface area contributed by atoms with Crippen LogP contribution in [0, 0.1) is 5.92 Å². The van der Waals surface area contributed by atoms with Gasteiger partial charge in [-0.2, -0.15) is 5.10 Å². The third kappa shape index (κ3) is 4.08. The summed E-state index contributed by atoms with van der Waals surface area (Å²) < 4.78 is 33.1. The van der Waals surface area contributed by atoms with E-state index in [1.54, 1.807) is 6.92 Å². The molecule has 0 bridgehead atoms. The Morgan fingerprint density at radius 2 is 2.25 bits per heavy atom. The molecule has 0 radical (unpaired) electrons. The summed E-state index contributed by atoms with van der Waals surface area (Å²) in [7, 11) is -3.96. The predicted molar refractivity (Wildman–Crippen MR) is 91.5 cm³/mol. The standard InChI is InChI=1S/C14H24N4O4S.ClH/c1-3-22-13(19)11-8-16-17-12(11)23(20,21)18-14(9-15)7-5-4-6-10(14)2;/h8,10,18H,3-7,9,15H2,1-2H3,(H,16,17);1H. The zero-order valence-electron chi connectivity index (χ0n) is 13.9. The number of rotatable bonds is 6. The minimum atomic E-state index is -3.96. The number of esters is 1. The molecule has 1 saturated carbocycles. The number of sulfonamides is 1. The van der Waals surface area contributed by atoms with E-state index in [0.29, 0.717) is 6.42 Å². The number of nitrogens with two attached hydrogens (primary N) is 1. The van der Waals surface area contributed by atoms with E-state index in [1.165, 1.54) is 0 Å². The maximum atomic E-state index is 12.8. The number of ether oxygens (including phenoxy) is 1. The number of halogens is 1. The van der Waals surface area contributed by atoms with Gasteiger partial charge in [0.25, 0.3) is 10.0 Å². The molecule has 1 aromatic rings. The van der Waals surface area contributed by atoms with Gasteiger partial charge in [-0.3, -0.25) is 5.10 Å². The summed E-state index contributed by atoms with van der Waals surface area (Å²) in [6.07, 6.45) is 4.72. The number of carbonyl (C=O) groups is 1. The Morgan fingerprint density at radius 1 is 1.54 bits per heavy atom. The highest BCUT2D eigenvalue weighted by molar-refractivity contribution is 7.89. The van der Waals surface area contributed by atoms with Crippen molar-refractivity contribution in [3.05, 3.63) is 11.8 Å². The van der Waals surface area contributed by atoms with Gasteiger partial charge in [0.2, 0.25) is 0 Å². The molecular formula is C14H25ClN4O4S. The molecule has 0 aliphatic heterocycles. The number of hydrogen-bond acceptors (Lipinski definition) is 6. The van der Waals surface area contributed by atoms with Crippen molar-refractivity contribution >= 4 is 28.4 Å². The summed E-state index contributed by atoms with van der Waals surface area (Å²) in [6, 6.07) is 0. The Morgan fingerprint density at radius 3 is 2.83 bits per heavy atom. The molecule has 0 saturated heterocycles. The van der Waals surface area contributed by atoms with Crippen LogP contribution in [0.15, 0.2) is 11.2 Å². The fourth-order valence-corrected chi connectivity index (χ4v) is 4.68. The molecule has 138 valence electrons. The molecule has 0 aromatic carbocycles. The van der Waals surface area contributed by atoms with Crippen molar-refractivity contribution in [3.63, 3.8) is 0 Å². The number of hydrogen-bond donors (Lipinski definition) is 3. The molecule has 2 unspecified atom stereocenters. The van der Waals surface area contributed by atoms with Crippen LogP contribution in [0.3, 0.4) is 0 Å². The maximum Gasteiger partial charge on any atom is 0.342 e. The summed E-state index contributed by atoms with van der Waals surface area (Å²) in [5.74, 6) is -0.606. The average molecular weight is 381 g/mol. The van der Waals surface area contributed by atoms with Gasteiger partial charge in [-0.05, 0) is 25.7 Å². The first kappa shape index (κ1) is 20.9. The highest BCUT2D eigenvalue weighted by Crippen LogP contribution is 2.34. The van der Waals surface area contributed by atoms with E-state index in [0.717, 1.165) is 25.5 Å². The summed E-state index contributed by atoms with van der Waals surface area (Å²) >= 11 is 0. The van der Waals surface area contributed by atoms with E-state index in [1.807, 2.05) is 6.92 Å². The second kappa shape index (κ2) is 8.28. The van der Waals surface area contributed by atoms with Crippen LogP contribution in [-0.4, -0.2) is 43.3 Å². The minimum absolute atomic E-state index is 0. The smallest absolute Gasteiger partial charge is 0.342 e. The van der Waals surface area contributed by atoms with Gasteiger partial charge in [-0.15, -0.1) is 12.4 Å². The summed E-state index contributed by atoms with van der Waals surface area (Å²) in [6.45, 7) is 4.00. The molecular weight excluding hydrogens is 356 g/mol. The van der Waals surface area contributed by atoms with E-state index in [-0.39, 0.29) is 42.1 Å². The van der Waals surface area contributed by atoms with Crippen LogP contribution >= 0.6 is 12.4 Å². The van der Waals surface area contributed by atoms with Crippen molar-refractivity contribution in [3.8, 4) is 0 Å². The normalized spacial score (nSPS) is 24.2. The van der Waals surface area contributed by atoms with E-state index in [2.05, 4.69) is 14.9 Å². The van der Waals surface area contributed by atoms with Crippen LogP contribution < -0.4 is 10.5 Å². The van der Waals surface area contributed by atoms with Crippen molar-refractivity contribution in [1.29, 1.82) is 0 Å². The second-order valence-corrected chi connectivity index (χ2v) is 7.57. The van der Waals surface area contributed by atoms with Gasteiger partial charge >= 0.3 is 5.97 Å². The minimum Gasteiger partial charge on any atom is -0.462 e. The SMILES string of the molecule is CCOC(=O)c1cn[nH]c1S(=O)(=O)NC1(CN)CCCCC1C.Cl. The number of carbonyl (C=O) groups excluding carboxylic acids is 1. The molecule has 4 N–H and O–H groups in total. The molecule has 2 atom stereocenters. The lowest BCUT2D eigenvalue weighted by Crippen LogP contribution is -2.59. The van der Waals surface area contributed by atoms with Gasteiger partial charge in [0.15, 0.2) is 5.03 Å². The lowest BCUT2D eigenvalue weighted by molar-refractivity contribution is 0.0521. The van der Waals surface area contributed by atoms with Crippen molar-refractivity contribution in [2.24, 2.45) is 11.7 Å². The lowest BCUT2D eigenvalue weighted by Gasteiger charge is -2.42. The van der Waals surface area contributed by atoms with E-state index < -0.39 is 21.5 Å². The Bertz CT molecular complexity index is 663. The van der Waals surface area contributed by atoms with Gasteiger partial charge < -0.3 is 10.5 Å². The Hall–Kier alpha value is -1.16. The Kier molecular flexibility index (Phi) is 7.21. The number of H-pyrrole nitrogens is 1. The predicted octanol–water partition coefficient (Wildman–Crippen LogP) is 1.19. The molecule has 0 spiro atoms. The first-order valence-corrected chi connectivity index (χ1v) is 9.29. The number of aromatic amines is 1. The zero-order valence-corrected chi connectivity index (χ0v) is 15.5. The fraction of sp³-hybridized carbons (Fsp3) is 0.714. The van der Waals surface area contributed by atoms with Crippen molar-refractivity contribution < 1.29 is 17.9 Å². The van der Waals surface area contributed by atoms with Gasteiger partial charge in [0.1, 0.15) is 5.56 Å². The van der Waals surface area contributed by atoms with E-state index in [9.17, 15) is 13.2 Å². The molecule has 8 nitrogen and oxygen atoms in total. The number of nitrogens with zero attached hydrogens (tertiary/aromatic N) is 1. The molecule has 1 aliphatic rings. The molecule has 1 aliphatic carbocycles. The van der Waals surface area contributed by atoms with Crippen molar-refractivity contribution in [2.75, 3.05) is 13.2 Å². The molecule has 1 aromatic heterocycles. The van der Waals surface area contributed by atoms with Gasteiger partial charge in [0.05, 0.1) is 12.8 Å². The largest absolute Gasteiger partial charge is 0.462 e. The molecule has 24 heavy (non-hydrogen) atoms. The Labute approximate surface area is 148 Å². The monoisotopic (exact) mass is 380 g/mol. The van der Waals surface area contributed by atoms with E-state index in [4.69, 9.17) is 10.5 Å². The zero-order chi connectivity index (χ0) is 17.1. The molecule has 2 rings (SSSR count). The van der Waals surface area contributed by atoms with E-state index >= 15 is 0 Å². The highest BCUT2D eigenvalue weighted by Gasteiger charge is 2.42. The van der Waals surface area contributed by atoms with Gasteiger partial charge in [-0.1, -0.05) is 19.8 Å². The highest BCUT2D eigenvalue weighted by atomic mass is 35.5. The first-order valence-electron chi connectivity index (χ1n) is 7.81. The first-order chi connectivity index (χ1) is 10.9. The van der Waals surface area contributed by atoms with Gasteiger partial charge in [0, 0.05) is 12.1 Å². The summed E-state index contributed by atoms with van der Waals surface area (Å²) in [5, 5.41) is 5.79. The number of aromatic nitrogens is 2. The lowest BCUT2D eigenvalue weighted by atomic mass is 9.74. The second-order valence-electron chi connectivity index (χ2n) is 5.95. The van der Waals surface area contributed by atoms with Crippen LogP contribution in [0.2, 0.25) is 0 Å². The van der Waals surface area contributed by atoms with Crippen molar-refractivity contribution in [2.45, 2.75) is 50.1 Å². The van der Waals surface area contributed by atoms with Crippen LogP contribution in [0.5, 0.6) is 0 Å². The maximum absolute atomic E-state index is 12.8. The molecule has 10 heteroatoms. The Balaban J connectivity index is 0.00000288. The number of nitrogens with one attached hydrogen (secondary N) is 2. The third-order valence-corrected chi connectivity index (χ3v) is 6.05.